The van der Waals surface area contributed by atoms with Crippen molar-refractivity contribution in [2.75, 3.05) is 20.6 Å². The summed E-state index contributed by atoms with van der Waals surface area (Å²) < 4.78 is 26.4. The molecule has 0 fully saturated rings. The maximum Gasteiger partial charge on any atom is 0.164 e. The Morgan fingerprint density at radius 2 is 2.00 bits per heavy atom. The Balaban J connectivity index is 2.74. The van der Waals surface area contributed by atoms with Crippen LogP contribution in [0.5, 0.6) is 0 Å². The van der Waals surface area contributed by atoms with Crippen molar-refractivity contribution in [2.24, 2.45) is 5.73 Å². The summed E-state index contributed by atoms with van der Waals surface area (Å²) in [7, 11) is 3.75. The number of rotatable bonds is 5. The summed E-state index contributed by atoms with van der Waals surface area (Å²) in [5.74, 6) is -2.00. The fourth-order valence-corrected chi connectivity index (χ4v) is 1.54. The van der Waals surface area contributed by atoms with Gasteiger partial charge in [0.2, 0.25) is 0 Å². The highest BCUT2D eigenvalue weighted by Crippen LogP contribution is 2.22. The van der Waals surface area contributed by atoms with E-state index in [1.54, 1.807) is 0 Å². The Bertz CT molecular complexity index is 372. The third-order valence-corrected chi connectivity index (χ3v) is 2.62. The highest BCUT2D eigenvalue weighted by atomic mass is 19.2. The van der Waals surface area contributed by atoms with Crippen molar-refractivity contribution in [1.29, 1.82) is 0 Å². The SMILES string of the molecule is CN(C)CCC(N)C(O)c1cccc(F)c1F. The summed E-state index contributed by atoms with van der Waals surface area (Å²) >= 11 is 0. The normalized spacial score (nSPS) is 15.0. The molecule has 0 heterocycles. The van der Waals surface area contributed by atoms with Gasteiger partial charge < -0.3 is 15.7 Å². The zero-order valence-electron chi connectivity index (χ0n) is 10.0. The number of hydrogen-bond donors (Lipinski definition) is 2. The van der Waals surface area contributed by atoms with Crippen LogP contribution in [0.2, 0.25) is 0 Å². The number of halogens is 2. The Morgan fingerprint density at radius 1 is 1.35 bits per heavy atom. The van der Waals surface area contributed by atoms with E-state index in [0.717, 1.165) is 6.07 Å². The Hall–Kier alpha value is -1.04. The molecule has 2 unspecified atom stereocenters. The molecule has 1 rings (SSSR count). The van der Waals surface area contributed by atoms with Crippen LogP contribution in [0.3, 0.4) is 0 Å². The second-order valence-corrected chi connectivity index (χ2v) is 4.34. The van der Waals surface area contributed by atoms with Gasteiger partial charge in [-0.3, -0.25) is 0 Å². The molecule has 3 nitrogen and oxygen atoms in total. The summed E-state index contributed by atoms with van der Waals surface area (Å²) in [6.45, 7) is 0.676. The fraction of sp³-hybridized carbons (Fsp3) is 0.500. The monoisotopic (exact) mass is 244 g/mol. The molecular formula is C12H18F2N2O. The average molecular weight is 244 g/mol. The third kappa shape index (κ3) is 3.73. The van der Waals surface area contributed by atoms with E-state index in [9.17, 15) is 13.9 Å². The molecule has 0 aromatic heterocycles. The largest absolute Gasteiger partial charge is 0.387 e. The molecule has 2 atom stereocenters. The lowest BCUT2D eigenvalue weighted by atomic mass is 9.99. The van der Waals surface area contributed by atoms with Gasteiger partial charge >= 0.3 is 0 Å². The van der Waals surface area contributed by atoms with E-state index in [1.165, 1.54) is 12.1 Å². The first-order chi connectivity index (χ1) is 7.93. The van der Waals surface area contributed by atoms with Gasteiger partial charge in [-0.15, -0.1) is 0 Å². The highest BCUT2D eigenvalue weighted by Gasteiger charge is 2.21. The van der Waals surface area contributed by atoms with Crippen LogP contribution in [-0.4, -0.2) is 36.7 Å². The van der Waals surface area contributed by atoms with E-state index in [4.69, 9.17) is 5.73 Å². The second kappa shape index (κ2) is 6.05. The molecule has 0 radical (unpaired) electrons. The molecule has 0 aliphatic rings. The van der Waals surface area contributed by atoms with Crippen molar-refractivity contribution in [3.8, 4) is 0 Å². The van der Waals surface area contributed by atoms with E-state index < -0.39 is 23.8 Å². The van der Waals surface area contributed by atoms with E-state index in [1.807, 2.05) is 19.0 Å². The molecule has 1 aromatic rings. The first-order valence-corrected chi connectivity index (χ1v) is 5.45. The maximum atomic E-state index is 13.4. The summed E-state index contributed by atoms with van der Waals surface area (Å²) in [5, 5.41) is 9.86. The number of aliphatic hydroxyl groups is 1. The van der Waals surface area contributed by atoms with Crippen molar-refractivity contribution in [3.05, 3.63) is 35.4 Å². The molecule has 0 saturated carbocycles. The third-order valence-electron chi connectivity index (χ3n) is 2.62. The van der Waals surface area contributed by atoms with E-state index in [-0.39, 0.29) is 5.56 Å². The molecule has 3 N–H and O–H groups in total. The number of nitrogens with zero attached hydrogens (tertiary/aromatic N) is 1. The molecule has 96 valence electrons. The van der Waals surface area contributed by atoms with Gasteiger partial charge in [-0.2, -0.15) is 0 Å². The first kappa shape index (κ1) is 14.0. The summed E-state index contributed by atoms with van der Waals surface area (Å²) in [6.07, 6.45) is -0.685. The van der Waals surface area contributed by atoms with E-state index in [0.29, 0.717) is 13.0 Å². The lowest BCUT2D eigenvalue weighted by molar-refractivity contribution is 0.132. The molecular weight excluding hydrogens is 226 g/mol. The standard InChI is InChI=1S/C12H18F2N2O/c1-16(2)7-6-10(15)12(17)8-4-3-5-9(13)11(8)14/h3-5,10,12,17H,6-7,15H2,1-2H3. The number of hydrogen-bond acceptors (Lipinski definition) is 3. The number of nitrogens with two attached hydrogens (primary N) is 1. The number of benzene rings is 1. The highest BCUT2D eigenvalue weighted by molar-refractivity contribution is 5.22. The zero-order chi connectivity index (χ0) is 13.0. The van der Waals surface area contributed by atoms with Gasteiger partial charge in [0.05, 0.1) is 6.10 Å². The topological polar surface area (TPSA) is 49.5 Å². The van der Waals surface area contributed by atoms with Crippen molar-refractivity contribution in [1.82, 2.24) is 4.90 Å². The summed E-state index contributed by atoms with van der Waals surface area (Å²) in [4.78, 5) is 1.91. The van der Waals surface area contributed by atoms with Crippen LogP contribution in [-0.2, 0) is 0 Å². The molecule has 0 spiro atoms. The average Bonchev–Trinajstić information content (AvgIpc) is 2.28. The van der Waals surface area contributed by atoms with Crippen molar-refractivity contribution in [2.45, 2.75) is 18.6 Å². The fourth-order valence-electron chi connectivity index (χ4n) is 1.54. The molecule has 0 aliphatic heterocycles. The molecule has 0 bridgehead atoms. The van der Waals surface area contributed by atoms with Crippen LogP contribution in [0.4, 0.5) is 8.78 Å². The van der Waals surface area contributed by atoms with Crippen LogP contribution >= 0.6 is 0 Å². The van der Waals surface area contributed by atoms with E-state index in [2.05, 4.69) is 0 Å². The van der Waals surface area contributed by atoms with Gasteiger partial charge in [-0.25, -0.2) is 8.78 Å². The van der Waals surface area contributed by atoms with Gasteiger partial charge in [-0.05, 0) is 33.1 Å². The van der Waals surface area contributed by atoms with Crippen molar-refractivity contribution >= 4 is 0 Å². The minimum Gasteiger partial charge on any atom is -0.387 e. The molecule has 0 saturated heterocycles. The maximum absolute atomic E-state index is 13.4. The van der Waals surface area contributed by atoms with Crippen LogP contribution < -0.4 is 5.73 Å². The molecule has 5 heteroatoms. The van der Waals surface area contributed by atoms with Gasteiger partial charge in [0.15, 0.2) is 11.6 Å². The lowest BCUT2D eigenvalue weighted by Crippen LogP contribution is -2.32. The summed E-state index contributed by atoms with van der Waals surface area (Å²) in [5.41, 5.74) is 5.66. The van der Waals surface area contributed by atoms with Gasteiger partial charge in [-0.1, -0.05) is 12.1 Å². The van der Waals surface area contributed by atoms with E-state index >= 15 is 0 Å². The smallest absolute Gasteiger partial charge is 0.164 e. The minimum absolute atomic E-state index is 0.0868. The first-order valence-electron chi connectivity index (χ1n) is 5.45. The molecule has 0 amide bonds. The lowest BCUT2D eigenvalue weighted by Gasteiger charge is -2.21. The Morgan fingerprint density at radius 3 is 2.59 bits per heavy atom. The molecule has 0 aliphatic carbocycles. The quantitative estimate of drug-likeness (QED) is 0.820. The number of aliphatic hydroxyl groups excluding tert-OH is 1. The van der Waals surface area contributed by atoms with Crippen molar-refractivity contribution < 1.29 is 13.9 Å². The zero-order valence-corrected chi connectivity index (χ0v) is 10.0. The second-order valence-electron chi connectivity index (χ2n) is 4.34. The van der Waals surface area contributed by atoms with Crippen LogP contribution in [0, 0.1) is 11.6 Å². The molecule has 17 heavy (non-hydrogen) atoms. The van der Waals surface area contributed by atoms with Gasteiger partial charge in [0, 0.05) is 11.6 Å². The Kier molecular flexibility index (Phi) is 4.99. The van der Waals surface area contributed by atoms with Gasteiger partial charge in [0.25, 0.3) is 0 Å². The van der Waals surface area contributed by atoms with Crippen molar-refractivity contribution in [3.63, 3.8) is 0 Å². The Labute approximate surface area is 99.8 Å². The van der Waals surface area contributed by atoms with Crippen LogP contribution in [0.15, 0.2) is 18.2 Å². The minimum atomic E-state index is -1.19. The predicted octanol–water partition coefficient (Wildman–Crippen LogP) is 1.28. The van der Waals surface area contributed by atoms with Crippen LogP contribution in [0.1, 0.15) is 18.1 Å². The van der Waals surface area contributed by atoms with Crippen LogP contribution in [0.25, 0.3) is 0 Å². The summed E-state index contributed by atoms with van der Waals surface area (Å²) in [6, 6.07) is 3.10. The molecule has 1 aromatic carbocycles. The van der Waals surface area contributed by atoms with Gasteiger partial charge in [0.1, 0.15) is 0 Å². The predicted molar refractivity (Wildman–Crippen MR) is 62.5 cm³/mol.